The first-order valence-corrected chi connectivity index (χ1v) is 16.3. The van der Waals surface area contributed by atoms with Crippen LogP contribution in [0.5, 0.6) is 5.88 Å². The number of carbonyl (C=O) groups is 1. The van der Waals surface area contributed by atoms with Gasteiger partial charge in [0, 0.05) is 31.9 Å². The summed E-state index contributed by atoms with van der Waals surface area (Å²) in [5, 5.41) is 21.3. The molecule has 1 fully saturated rings. The molecular weight excluding hydrogens is 707 g/mol. The monoisotopic (exact) mass is 741 g/mol. The third-order valence-electron chi connectivity index (χ3n) is 9.13. The van der Waals surface area contributed by atoms with Crippen LogP contribution in [0.4, 0.5) is 47.8 Å². The first kappa shape index (κ1) is 36.6. The lowest BCUT2D eigenvalue weighted by Gasteiger charge is -2.37. The number of carbonyl (C=O) groups excluding carboxylic acids is 1. The molecule has 20 heteroatoms. The fourth-order valence-corrected chi connectivity index (χ4v) is 6.33. The summed E-state index contributed by atoms with van der Waals surface area (Å²) in [6.07, 6.45) is -5.98. The molecule has 52 heavy (non-hydrogen) atoms. The second-order valence-electron chi connectivity index (χ2n) is 12.4. The van der Waals surface area contributed by atoms with Gasteiger partial charge in [-0.1, -0.05) is 13.0 Å². The number of ether oxygens (including phenoxy) is 1. The molecule has 2 N–H and O–H groups in total. The minimum absolute atomic E-state index is 0.0215. The molecule has 2 aliphatic rings. The summed E-state index contributed by atoms with van der Waals surface area (Å²) in [5.41, 5.74) is -0.839. The van der Waals surface area contributed by atoms with E-state index in [1.54, 1.807) is 22.8 Å². The van der Waals surface area contributed by atoms with Crippen LogP contribution in [0.25, 0.3) is 11.4 Å². The Labute approximate surface area is 290 Å². The number of piperazine rings is 1. The average Bonchev–Trinajstić information content (AvgIpc) is 3.71. The molecule has 1 unspecified atom stereocenters. The van der Waals surface area contributed by atoms with Crippen LogP contribution in [0, 0.1) is 12.7 Å². The minimum Gasteiger partial charge on any atom is -0.492 e. The number of hydrogen-bond acceptors (Lipinski definition) is 9. The second kappa shape index (κ2) is 13.8. The zero-order chi connectivity index (χ0) is 37.7. The van der Waals surface area contributed by atoms with Crippen molar-refractivity contribution < 1.29 is 45.4 Å². The van der Waals surface area contributed by atoms with Gasteiger partial charge in [-0.3, -0.25) is 9.59 Å². The van der Waals surface area contributed by atoms with E-state index in [-0.39, 0.29) is 66.8 Å². The van der Waals surface area contributed by atoms with Gasteiger partial charge in [-0.2, -0.15) is 40.9 Å². The molecule has 2 aliphatic heterocycles. The molecule has 1 saturated heterocycles. The van der Waals surface area contributed by atoms with E-state index in [4.69, 9.17) is 4.74 Å². The second-order valence-corrected chi connectivity index (χ2v) is 12.4. The highest BCUT2D eigenvalue weighted by Crippen LogP contribution is 2.37. The fraction of sp³-hybridized carbons (Fsp3) is 0.469. The molecule has 1 atom stereocenters. The van der Waals surface area contributed by atoms with E-state index in [0.717, 1.165) is 23.2 Å². The van der Waals surface area contributed by atoms with Crippen molar-refractivity contribution in [2.45, 2.75) is 58.6 Å². The van der Waals surface area contributed by atoms with Crippen LogP contribution in [0.2, 0.25) is 0 Å². The molecule has 3 aromatic heterocycles. The number of nitrogens with one attached hydrogen (secondary N) is 1. The van der Waals surface area contributed by atoms with E-state index < -0.39 is 53.7 Å². The molecule has 0 saturated carbocycles. The van der Waals surface area contributed by atoms with Gasteiger partial charge in [0.15, 0.2) is 5.82 Å². The van der Waals surface area contributed by atoms with Gasteiger partial charge in [-0.25, -0.2) is 9.07 Å². The summed E-state index contributed by atoms with van der Waals surface area (Å²) in [4.78, 5) is 35.7. The number of halogens is 7. The summed E-state index contributed by atoms with van der Waals surface area (Å²) >= 11 is 0. The van der Waals surface area contributed by atoms with E-state index in [1.165, 1.54) is 11.5 Å². The lowest BCUT2D eigenvalue weighted by atomic mass is 10.1. The van der Waals surface area contributed by atoms with E-state index in [2.05, 4.69) is 20.5 Å². The maximum atomic E-state index is 14.4. The standard InChI is InChI=1S/C32H34F7N9O4/c1-4-23-26(45-9-7-44(8-10-45)24-15-40-47(28(24)50)18(3)31(34,35)36)29(51)48-30(42-27(43-48)19-5-11-52-12-6-19)46(23)16-25(49)41-22-14-21(33)20(13-17(22)2)32(37,38)39/h5,13-15,18,50H,4,6-12,16H2,1-3H3,(H,41,49). The number of benzene rings is 1. The summed E-state index contributed by atoms with van der Waals surface area (Å²) in [6.45, 7) is 4.85. The van der Waals surface area contributed by atoms with Crippen molar-refractivity contribution in [3.63, 3.8) is 0 Å². The number of aryl methyl sites for hydroxylation is 1. The number of amides is 1. The summed E-state index contributed by atoms with van der Waals surface area (Å²) in [7, 11) is 0. The highest BCUT2D eigenvalue weighted by molar-refractivity contribution is 5.92. The Kier molecular flexibility index (Phi) is 9.71. The van der Waals surface area contributed by atoms with Crippen LogP contribution in [0.3, 0.4) is 0 Å². The van der Waals surface area contributed by atoms with Gasteiger partial charge in [-0.15, -0.1) is 5.10 Å². The Morgan fingerprint density at radius 2 is 1.79 bits per heavy atom. The number of aromatic nitrogens is 6. The number of hydrogen-bond donors (Lipinski definition) is 2. The topological polar surface area (TPSA) is 135 Å². The molecule has 0 radical (unpaired) electrons. The molecule has 13 nitrogen and oxygen atoms in total. The van der Waals surface area contributed by atoms with Crippen LogP contribution in [-0.2, 0) is 28.7 Å². The Morgan fingerprint density at radius 1 is 1.10 bits per heavy atom. The van der Waals surface area contributed by atoms with Crippen LogP contribution in [0.15, 0.2) is 29.2 Å². The molecule has 4 aromatic rings. The van der Waals surface area contributed by atoms with Crippen LogP contribution >= 0.6 is 0 Å². The van der Waals surface area contributed by atoms with Crippen molar-refractivity contribution in [2.24, 2.45) is 0 Å². The van der Waals surface area contributed by atoms with Crippen molar-refractivity contribution in [1.82, 2.24) is 28.9 Å². The van der Waals surface area contributed by atoms with Crippen molar-refractivity contribution in [3.8, 4) is 5.88 Å². The van der Waals surface area contributed by atoms with Gasteiger partial charge < -0.3 is 29.5 Å². The largest absolute Gasteiger partial charge is 0.492 e. The van der Waals surface area contributed by atoms with E-state index in [1.807, 2.05) is 0 Å². The van der Waals surface area contributed by atoms with Crippen molar-refractivity contribution in [1.29, 1.82) is 0 Å². The molecule has 6 rings (SSSR count). The Balaban J connectivity index is 1.35. The molecule has 5 heterocycles. The molecule has 1 amide bonds. The average molecular weight is 742 g/mol. The number of aromatic hydroxyl groups is 1. The third-order valence-corrected chi connectivity index (χ3v) is 9.13. The number of anilines is 3. The smallest absolute Gasteiger partial charge is 0.419 e. The molecule has 280 valence electrons. The molecule has 0 spiro atoms. The highest BCUT2D eigenvalue weighted by atomic mass is 19.4. The molecular formula is C32H34F7N9O4. The molecule has 1 aromatic carbocycles. The first-order chi connectivity index (χ1) is 24.5. The predicted molar refractivity (Wildman–Crippen MR) is 174 cm³/mol. The molecule has 0 bridgehead atoms. The van der Waals surface area contributed by atoms with E-state index in [0.29, 0.717) is 42.1 Å². The summed E-state index contributed by atoms with van der Waals surface area (Å²) < 4.78 is 103. The van der Waals surface area contributed by atoms with Gasteiger partial charge in [0.1, 0.15) is 29.8 Å². The van der Waals surface area contributed by atoms with Crippen LogP contribution in [-0.4, -0.2) is 85.5 Å². The SMILES string of the molecule is CCc1c(N2CCN(c3cnn(C(C)C(F)(F)F)c3O)CC2)c(=O)n2nc(C3=CCOCC3)nc2n1CC(=O)Nc1cc(F)c(C(F)(F)F)cc1C. The first-order valence-electron chi connectivity index (χ1n) is 16.3. The summed E-state index contributed by atoms with van der Waals surface area (Å²) in [6, 6.07) is -0.865. The summed E-state index contributed by atoms with van der Waals surface area (Å²) in [5.74, 6) is -2.69. The van der Waals surface area contributed by atoms with E-state index >= 15 is 0 Å². The van der Waals surface area contributed by atoms with Crippen LogP contribution < -0.4 is 20.7 Å². The Hall–Kier alpha value is -5.14. The number of fused-ring (bicyclic) bond motifs is 1. The van der Waals surface area contributed by atoms with Gasteiger partial charge in [0.2, 0.25) is 17.6 Å². The Bertz CT molecular complexity index is 2090. The minimum atomic E-state index is -4.93. The maximum Gasteiger partial charge on any atom is 0.419 e. The lowest BCUT2D eigenvalue weighted by molar-refractivity contribution is -0.166. The van der Waals surface area contributed by atoms with Gasteiger partial charge in [0.05, 0.1) is 30.7 Å². The maximum absolute atomic E-state index is 14.4. The molecule has 0 aliphatic carbocycles. The van der Waals surface area contributed by atoms with Crippen LogP contribution in [0.1, 0.15) is 49.0 Å². The van der Waals surface area contributed by atoms with Gasteiger partial charge in [0.25, 0.3) is 5.56 Å². The number of alkyl halides is 6. The third kappa shape index (κ3) is 6.90. The zero-order valence-electron chi connectivity index (χ0n) is 28.1. The number of nitrogens with zero attached hydrogens (tertiary/aromatic N) is 8. The lowest BCUT2D eigenvalue weighted by Crippen LogP contribution is -2.49. The highest BCUT2D eigenvalue weighted by Gasteiger charge is 2.40. The van der Waals surface area contributed by atoms with Crippen molar-refractivity contribution >= 4 is 34.3 Å². The number of rotatable bonds is 8. The van der Waals surface area contributed by atoms with Gasteiger partial charge >= 0.3 is 12.4 Å². The predicted octanol–water partition coefficient (Wildman–Crippen LogP) is 4.71. The Morgan fingerprint density at radius 3 is 2.40 bits per heavy atom. The normalized spacial score (nSPS) is 16.4. The van der Waals surface area contributed by atoms with Crippen molar-refractivity contribution in [3.05, 3.63) is 63.2 Å². The van der Waals surface area contributed by atoms with E-state index in [9.17, 15) is 45.4 Å². The quantitative estimate of drug-likeness (QED) is 0.246. The zero-order valence-corrected chi connectivity index (χ0v) is 28.1. The fourth-order valence-electron chi connectivity index (χ4n) is 6.33. The van der Waals surface area contributed by atoms with Gasteiger partial charge in [-0.05, 0) is 50.0 Å². The van der Waals surface area contributed by atoms with Crippen molar-refractivity contribution in [2.75, 3.05) is 54.5 Å².